The van der Waals surface area contributed by atoms with E-state index in [9.17, 15) is 9.59 Å². The summed E-state index contributed by atoms with van der Waals surface area (Å²) < 4.78 is 5.84. The highest BCUT2D eigenvalue weighted by atomic mass is 79.9. The lowest BCUT2D eigenvalue weighted by Gasteiger charge is -2.25. The number of rotatable bonds is 7. The van der Waals surface area contributed by atoms with Gasteiger partial charge in [-0.2, -0.15) is 0 Å². The first kappa shape index (κ1) is 18.0. The van der Waals surface area contributed by atoms with E-state index in [1.807, 2.05) is 25.1 Å². The first-order valence-electron chi connectivity index (χ1n) is 6.21. The van der Waals surface area contributed by atoms with Gasteiger partial charge >= 0.3 is 5.97 Å². The maximum absolute atomic E-state index is 11.9. The maximum atomic E-state index is 11.9. The standard InChI is InChI=1S/C14H18BrNO4S/c1-9-6-10(15)4-5-11(9)21-7-12(17)16-14(2,8-20-3)13(18)19/h4-6H,7-8H2,1-3H3,(H,16,17)(H,18,19). The lowest BCUT2D eigenvalue weighted by molar-refractivity contribution is -0.148. The highest BCUT2D eigenvalue weighted by Gasteiger charge is 2.34. The van der Waals surface area contributed by atoms with E-state index < -0.39 is 11.5 Å². The first-order chi connectivity index (χ1) is 9.78. The molecule has 1 amide bonds. The molecule has 5 nitrogen and oxygen atoms in total. The number of amides is 1. The molecule has 1 aromatic rings. The molecule has 1 atom stereocenters. The van der Waals surface area contributed by atoms with Gasteiger partial charge in [0, 0.05) is 16.5 Å². The van der Waals surface area contributed by atoms with E-state index >= 15 is 0 Å². The summed E-state index contributed by atoms with van der Waals surface area (Å²) >= 11 is 4.75. The van der Waals surface area contributed by atoms with Gasteiger partial charge in [0.05, 0.1) is 12.4 Å². The number of aliphatic carboxylic acids is 1. The van der Waals surface area contributed by atoms with Crippen molar-refractivity contribution in [3.63, 3.8) is 0 Å². The number of nitrogens with one attached hydrogen (secondary N) is 1. The molecule has 0 aliphatic carbocycles. The molecule has 21 heavy (non-hydrogen) atoms. The van der Waals surface area contributed by atoms with Crippen molar-refractivity contribution >= 4 is 39.6 Å². The van der Waals surface area contributed by atoms with Crippen molar-refractivity contribution in [2.24, 2.45) is 0 Å². The average molecular weight is 376 g/mol. The summed E-state index contributed by atoms with van der Waals surface area (Å²) in [6.07, 6.45) is 0. The Hall–Kier alpha value is -1.05. The van der Waals surface area contributed by atoms with Crippen molar-refractivity contribution in [2.75, 3.05) is 19.5 Å². The molecule has 0 saturated heterocycles. The molecule has 0 spiro atoms. The molecule has 1 aromatic carbocycles. The van der Waals surface area contributed by atoms with Crippen LogP contribution >= 0.6 is 27.7 Å². The Morgan fingerprint density at radius 3 is 2.67 bits per heavy atom. The molecule has 1 unspecified atom stereocenters. The maximum Gasteiger partial charge on any atom is 0.331 e. The van der Waals surface area contributed by atoms with Crippen molar-refractivity contribution in [1.82, 2.24) is 5.32 Å². The first-order valence-corrected chi connectivity index (χ1v) is 7.98. The third kappa shape index (κ3) is 5.33. The van der Waals surface area contributed by atoms with Crippen LogP contribution in [0, 0.1) is 6.92 Å². The number of hydrogen-bond donors (Lipinski definition) is 2. The fraction of sp³-hybridized carbons (Fsp3) is 0.429. The topological polar surface area (TPSA) is 75.6 Å². The fourth-order valence-electron chi connectivity index (χ4n) is 1.70. The number of carboxylic acid groups (broad SMARTS) is 1. The van der Waals surface area contributed by atoms with Crippen LogP contribution in [-0.4, -0.2) is 42.0 Å². The van der Waals surface area contributed by atoms with Crippen LogP contribution in [0.25, 0.3) is 0 Å². The predicted octanol–water partition coefficient (Wildman–Crippen LogP) is 2.46. The van der Waals surface area contributed by atoms with Gasteiger partial charge in [0.25, 0.3) is 0 Å². The Balaban J connectivity index is 2.63. The summed E-state index contributed by atoms with van der Waals surface area (Å²) in [5, 5.41) is 11.7. The number of carboxylic acids is 1. The molecule has 0 radical (unpaired) electrons. The monoisotopic (exact) mass is 375 g/mol. The van der Waals surface area contributed by atoms with Gasteiger partial charge in [-0.3, -0.25) is 4.79 Å². The molecular weight excluding hydrogens is 358 g/mol. The number of aryl methyl sites for hydroxylation is 1. The van der Waals surface area contributed by atoms with Crippen molar-refractivity contribution in [2.45, 2.75) is 24.3 Å². The van der Waals surface area contributed by atoms with Gasteiger partial charge in [-0.05, 0) is 37.6 Å². The Labute approximate surface area is 136 Å². The van der Waals surface area contributed by atoms with Crippen LogP contribution in [-0.2, 0) is 14.3 Å². The molecule has 7 heteroatoms. The summed E-state index contributed by atoms with van der Waals surface area (Å²) in [7, 11) is 1.40. The largest absolute Gasteiger partial charge is 0.479 e. The summed E-state index contributed by atoms with van der Waals surface area (Å²) in [6.45, 7) is 3.29. The number of benzene rings is 1. The van der Waals surface area contributed by atoms with E-state index in [-0.39, 0.29) is 18.3 Å². The van der Waals surface area contributed by atoms with Gasteiger partial charge in [-0.15, -0.1) is 11.8 Å². The van der Waals surface area contributed by atoms with Gasteiger partial charge < -0.3 is 15.2 Å². The van der Waals surface area contributed by atoms with E-state index in [4.69, 9.17) is 9.84 Å². The molecule has 0 aliphatic heterocycles. The van der Waals surface area contributed by atoms with E-state index in [0.29, 0.717) is 0 Å². The van der Waals surface area contributed by atoms with Crippen molar-refractivity contribution < 1.29 is 19.4 Å². The van der Waals surface area contributed by atoms with E-state index in [1.165, 1.54) is 25.8 Å². The lowest BCUT2D eigenvalue weighted by atomic mass is 10.0. The van der Waals surface area contributed by atoms with Crippen molar-refractivity contribution in [3.05, 3.63) is 28.2 Å². The minimum atomic E-state index is -1.42. The summed E-state index contributed by atoms with van der Waals surface area (Å²) in [5.41, 5.74) is -0.360. The Bertz CT molecular complexity index is 538. The number of halogens is 1. The lowest BCUT2D eigenvalue weighted by Crippen LogP contribution is -2.55. The number of ether oxygens (including phenoxy) is 1. The summed E-state index contributed by atoms with van der Waals surface area (Å²) in [6, 6.07) is 5.79. The third-order valence-corrected chi connectivity index (χ3v) is 4.48. The second kappa shape index (κ2) is 7.82. The number of thioether (sulfide) groups is 1. The minimum absolute atomic E-state index is 0.0873. The van der Waals surface area contributed by atoms with Crippen LogP contribution in [0.15, 0.2) is 27.6 Å². The molecule has 0 bridgehead atoms. The predicted molar refractivity (Wildman–Crippen MR) is 85.7 cm³/mol. The molecule has 116 valence electrons. The number of methoxy groups -OCH3 is 1. The number of carbonyl (C=O) groups is 2. The van der Waals surface area contributed by atoms with E-state index in [2.05, 4.69) is 21.2 Å². The summed E-state index contributed by atoms with van der Waals surface area (Å²) in [4.78, 5) is 24.1. The molecule has 0 fully saturated rings. The second-order valence-corrected chi connectivity index (χ2v) is 6.75. The number of hydrogen-bond acceptors (Lipinski definition) is 4. The van der Waals surface area contributed by atoms with Gasteiger partial charge in [-0.25, -0.2) is 4.79 Å². The normalized spacial score (nSPS) is 13.5. The van der Waals surface area contributed by atoms with Crippen LogP contribution in [0.2, 0.25) is 0 Å². The van der Waals surface area contributed by atoms with Gasteiger partial charge in [0.15, 0.2) is 5.54 Å². The van der Waals surface area contributed by atoms with Crippen LogP contribution < -0.4 is 5.32 Å². The van der Waals surface area contributed by atoms with Gasteiger partial charge in [0.2, 0.25) is 5.91 Å². The Kier molecular flexibility index (Phi) is 6.70. The number of carbonyl (C=O) groups excluding carboxylic acids is 1. The second-order valence-electron chi connectivity index (χ2n) is 4.82. The molecule has 2 N–H and O–H groups in total. The minimum Gasteiger partial charge on any atom is -0.479 e. The third-order valence-electron chi connectivity index (χ3n) is 2.82. The van der Waals surface area contributed by atoms with Crippen molar-refractivity contribution in [1.29, 1.82) is 0 Å². The van der Waals surface area contributed by atoms with Gasteiger partial charge in [-0.1, -0.05) is 15.9 Å². The molecule has 0 saturated carbocycles. The molecule has 1 rings (SSSR count). The molecule has 0 aliphatic rings. The van der Waals surface area contributed by atoms with Crippen LogP contribution in [0.1, 0.15) is 12.5 Å². The smallest absolute Gasteiger partial charge is 0.331 e. The Morgan fingerprint density at radius 1 is 1.48 bits per heavy atom. The highest BCUT2D eigenvalue weighted by molar-refractivity contribution is 9.10. The van der Waals surface area contributed by atoms with Crippen LogP contribution in [0.5, 0.6) is 0 Å². The van der Waals surface area contributed by atoms with Crippen LogP contribution in [0.3, 0.4) is 0 Å². The van der Waals surface area contributed by atoms with Gasteiger partial charge in [0.1, 0.15) is 0 Å². The highest BCUT2D eigenvalue weighted by Crippen LogP contribution is 2.25. The Morgan fingerprint density at radius 2 is 2.14 bits per heavy atom. The molecule has 0 aromatic heterocycles. The summed E-state index contributed by atoms with van der Waals surface area (Å²) in [5.74, 6) is -1.32. The zero-order valence-corrected chi connectivity index (χ0v) is 14.5. The molecule has 0 heterocycles. The van der Waals surface area contributed by atoms with Crippen LogP contribution in [0.4, 0.5) is 0 Å². The zero-order chi connectivity index (χ0) is 16.0. The average Bonchev–Trinajstić information content (AvgIpc) is 2.37. The molecular formula is C14H18BrNO4S. The van der Waals surface area contributed by atoms with Crippen molar-refractivity contribution in [3.8, 4) is 0 Å². The fourth-order valence-corrected chi connectivity index (χ4v) is 2.99. The van der Waals surface area contributed by atoms with E-state index in [0.717, 1.165) is 14.9 Å². The zero-order valence-electron chi connectivity index (χ0n) is 12.1. The SMILES string of the molecule is COCC(C)(NC(=O)CSc1ccc(Br)cc1C)C(=O)O. The van der Waals surface area contributed by atoms with E-state index in [1.54, 1.807) is 0 Å². The quantitative estimate of drug-likeness (QED) is 0.715.